The molecule has 0 unspecified atom stereocenters. The quantitative estimate of drug-likeness (QED) is 0.765. The molecule has 0 amide bonds. The van der Waals surface area contributed by atoms with Gasteiger partial charge in [-0.1, -0.05) is 23.2 Å². The highest BCUT2D eigenvalue weighted by molar-refractivity contribution is 6.36. The molecule has 0 N–H and O–H groups in total. The van der Waals surface area contributed by atoms with Crippen LogP contribution in [0.3, 0.4) is 0 Å². The van der Waals surface area contributed by atoms with Gasteiger partial charge in [0.25, 0.3) is 0 Å². The van der Waals surface area contributed by atoms with Crippen molar-refractivity contribution in [3.05, 3.63) is 40.1 Å². The molecule has 0 atom stereocenters. The van der Waals surface area contributed by atoms with Crippen molar-refractivity contribution >= 4 is 29.5 Å². The number of ether oxygens (including phenoxy) is 1. The Kier molecular flexibility index (Phi) is 4.59. The predicted octanol–water partition coefficient (Wildman–Crippen LogP) is 3.34. The normalized spacial score (nSPS) is 11.3. The van der Waals surface area contributed by atoms with Gasteiger partial charge in [-0.2, -0.15) is 0 Å². The smallest absolute Gasteiger partial charge is 0.150 e. The van der Waals surface area contributed by atoms with Gasteiger partial charge in [-0.25, -0.2) is 4.39 Å². The average molecular weight is 249 g/mol. The van der Waals surface area contributed by atoms with Gasteiger partial charge < -0.3 is 4.74 Å². The van der Waals surface area contributed by atoms with Crippen molar-refractivity contribution in [2.75, 3.05) is 6.61 Å². The van der Waals surface area contributed by atoms with E-state index in [1.54, 1.807) is 0 Å². The Balaban J connectivity index is 2.77. The molecule has 0 fully saturated rings. The zero-order valence-corrected chi connectivity index (χ0v) is 9.06. The first-order valence-electron chi connectivity index (χ1n) is 3.99. The topological polar surface area (TPSA) is 26.3 Å². The minimum Gasteiger partial charge on any atom is -0.488 e. The first-order valence-corrected chi connectivity index (χ1v) is 4.80. The summed E-state index contributed by atoms with van der Waals surface area (Å²) in [6.07, 6.45) is 0.537. The largest absolute Gasteiger partial charge is 0.488 e. The standard InChI is InChI=1S/C10H7Cl2FO2/c11-4-8(12)6-15-10-2-7(5-14)1-9(13)3-10/h1-5H,6H2/b8-4-. The molecule has 0 aliphatic carbocycles. The van der Waals surface area contributed by atoms with Crippen LogP contribution in [0.15, 0.2) is 28.8 Å². The molecule has 0 spiro atoms. The number of aldehydes is 1. The van der Waals surface area contributed by atoms with Crippen LogP contribution in [0, 0.1) is 5.82 Å². The molecule has 0 saturated carbocycles. The molecule has 0 aromatic heterocycles. The van der Waals surface area contributed by atoms with E-state index in [-0.39, 0.29) is 23.0 Å². The summed E-state index contributed by atoms with van der Waals surface area (Å²) in [6, 6.07) is 3.68. The Morgan fingerprint density at radius 1 is 1.47 bits per heavy atom. The van der Waals surface area contributed by atoms with E-state index in [1.807, 2.05) is 0 Å². The van der Waals surface area contributed by atoms with E-state index in [9.17, 15) is 9.18 Å². The van der Waals surface area contributed by atoms with E-state index in [1.165, 1.54) is 6.07 Å². The maximum atomic E-state index is 12.9. The summed E-state index contributed by atoms with van der Waals surface area (Å²) in [7, 11) is 0. The van der Waals surface area contributed by atoms with Crippen molar-refractivity contribution < 1.29 is 13.9 Å². The second-order valence-corrected chi connectivity index (χ2v) is 3.39. The number of carbonyl (C=O) groups is 1. The molecule has 15 heavy (non-hydrogen) atoms. The zero-order chi connectivity index (χ0) is 11.3. The summed E-state index contributed by atoms with van der Waals surface area (Å²) in [4.78, 5) is 10.4. The maximum absolute atomic E-state index is 12.9. The molecule has 0 aliphatic heterocycles. The second-order valence-electron chi connectivity index (χ2n) is 2.68. The molecule has 0 radical (unpaired) electrons. The van der Waals surface area contributed by atoms with Gasteiger partial charge in [-0.3, -0.25) is 4.79 Å². The Hall–Kier alpha value is -1.06. The molecular weight excluding hydrogens is 242 g/mol. The van der Waals surface area contributed by atoms with Crippen molar-refractivity contribution in [3.8, 4) is 5.75 Å². The molecule has 1 rings (SSSR count). The molecule has 0 aliphatic rings. The number of carbonyl (C=O) groups excluding carboxylic acids is 1. The Labute approximate surface area is 96.2 Å². The van der Waals surface area contributed by atoms with Gasteiger partial charge in [-0.05, 0) is 12.1 Å². The van der Waals surface area contributed by atoms with E-state index in [4.69, 9.17) is 27.9 Å². The third kappa shape index (κ3) is 3.90. The highest BCUT2D eigenvalue weighted by Gasteiger charge is 2.01. The number of halogens is 3. The summed E-state index contributed by atoms with van der Waals surface area (Å²) >= 11 is 10.9. The molecular formula is C10H7Cl2FO2. The minimum atomic E-state index is -0.541. The van der Waals surface area contributed by atoms with Crippen LogP contribution in [-0.4, -0.2) is 12.9 Å². The SMILES string of the molecule is O=Cc1cc(F)cc(OC/C(Cl)=C/Cl)c1. The molecule has 2 nitrogen and oxygen atoms in total. The highest BCUT2D eigenvalue weighted by atomic mass is 35.5. The van der Waals surface area contributed by atoms with Crippen LogP contribution >= 0.6 is 23.2 Å². The molecule has 80 valence electrons. The van der Waals surface area contributed by atoms with Gasteiger partial charge in [0.2, 0.25) is 0 Å². The van der Waals surface area contributed by atoms with Crippen molar-refractivity contribution in [3.63, 3.8) is 0 Å². The van der Waals surface area contributed by atoms with Crippen LogP contribution in [0.5, 0.6) is 5.75 Å². The average Bonchev–Trinajstić information content (AvgIpc) is 2.25. The van der Waals surface area contributed by atoms with Gasteiger partial charge in [0.1, 0.15) is 24.5 Å². The Morgan fingerprint density at radius 3 is 2.80 bits per heavy atom. The first kappa shape index (κ1) is 12.0. The van der Waals surface area contributed by atoms with Gasteiger partial charge in [0.15, 0.2) is 0 Å². The number of rotatable bonds is 4. The van der Waals surface area contributed by atoms with E-state index < -0.39 is 5.82 Å². The fraction of sp³-hybridized carbons (Fsp3) is 0.100. The van der Waals surface area contributed by atoms with Crippen molar-refractivity contribution in [1.82, 2.24) is 0 Å². The molecule has 1 aromatic carbocycles. The van der Waals surface area contributed by atoms with Crippen molar-refractivity contribution in [1.29, 1.82) is 0 Å². The lowest BCUT2D eigenvalue weighted by Crippen LogP contribution is -1.98. The number of hydrogen-bond acceptors (Lipinski definition) is 2. The Morgan fingerprint density at radius 2 is 2.20 bits per heavy atom. The predicted molar refractivity (Wildman–Crippen MR) is 57.1 cm³/mol. The van der Waals surface area contributed by atoms with Gasteiger partial charge >= 0.3 is 0 Å². The number of benzene rings is 1. The van der Waals surface area contributed by atoms with Gasteiger partial charge in [0, 0.05) is 17.2 Å². The van der Waals surface area contributed by atoms with Gasteiger partial charge in [-0.15, -0.1) is 0 Å². The molecule has 1 aromatic rings. The lowest BCUT2D eigenvalue weighted by atomic mass is 10.2. The molecule has 0 saturated heterocycles. The van der Waals surface area contributed by atoms with Crippen LogP contribution in [0.1, 0.15) is 10.4 Å². The fourth-order valence-electron chi connectivity index (χ4n) is 0.920. The third-order valence-corrected chi connectivity index (χ3v) is 2.12. The first-order chi connectivity index (χ1) is 7.15. The maximum Gasteiger partial charge on any atom is 0.150 e. The zero-order valence-electron chi connectivity index (χ0n) is 7.54. The number of hydrogen-bond donors (Lipinski definition) is 0. The summed E-state index contributed by atoms with van der Waals surface area (Å²) in [5, 5.41) is 0.286. The second kappa shape index (κ2) is 5.73. The van der Waals surface area contributed by atoms with E-state index in [0.717, 1.165) is 17.7 Å². The van der Waals surface area contributed by atoms with Crippen LogP contribution in [-0.2, 0) is 0 Å². The van der Waals surface area contributed by atoms with Crippen molar-refractivity contribution in [2.24, 2.45) is 0 Å². The lowest BCUT2D eigenvalue weighted by Gasteiger charge is -2.05. The van der Waals surface area contributed by atoms with E-state index in [2.05, 4.69) is 0 Å². The van der Waals surface area contributed by atoms with Crippen LogP contribution in [0.25, 0.3) is 0 Å². The third-order valence-electron chi connectivity index (χ3n) is 1.52. The summed E-state index contributed by atoms with van der Waals surface area (Å²) in [5.74, 6) is -0.311. The molecule has 0 heterocycles. The van der Waals surface area contributed by atoms with Crippen LogP contribution < -0.4 is 4.74 Å². The lowest BCUT2D eigenvalue weighted by molar-refractivity contribution is 0.112. The van der Waals surface area contributed by atoms with E-state index in [0.29, 0.717) is 6.29 Å². The summed E-state index contributed by atoms with van der Waals surface area (Å²) in [6.45, 7) is 0.0345. The molecule has 5 heteroatoms. The Bertz CT molecular complexity index is 391. The van der Waals surface area contributed by atoms with Crippen LogP contribution in [0.2, 0.25) is 0 Å². The minimum absolute atomic E-state index is 0.0345. The van der Waals surface area contributed by atoms with E-state index >= 15 is 0 Å². The highest BCUT2D eigenvalue weighted by Crippen LogP contribution is 2.16. The van der Waals surface area contributed by atoms with Crippen LogP contribution in [0.4, 0.5) is 4.39 Å². The monoisotopic (exact) mass is 248 g/mol. The molecule has 0 bridgehead atoms. The fourth-order valence-corrected chi connectivity index (χ4v) is 1.04. The summed E-state index contributed by atoms with van der Waals surface area (Å²) < 4.78 is 18.0. The van der Waals surface area contributed by atoms with Crippen molar-refractivity contribution in [2.45, 2.75) is 0 Å². The summed E-state index contributed by atoms with van der Waals surface area (Å²) in [5.41, 5.74) is 1.36. The van der Waals surface area contributed by atoms with Gasteiger partial charge in [0.05, 0.1) is 5.03 Å².